The zero-order valence-electron chi connectivity index (χ0n) is 8.78. The summed E-state index contributed by atoms with van der Waals surface area (Å²) in [4.78, 5) is 12.6. The van der Waals surface area contributed by atoms with E-state index in [2.05, 4.69) is 11.9 Å². The molecule has 1 aliphatic rings. The summed E-state index contributed by atoms with van der Waals surface area (Å²) in [6, 6.07) is 0. The van der Waals surface area contributed by atoms with Crippen LogP contribution in [0.4, 0.5) is 0 Å². The number of carbonyl (C=O) groups is 1. The first-order valence-electron chi connectivity index (χ1n) is 5.26. The molecule has 0 radical (unpaired) electrons. The van der Waals surface area contributed by atoms with Gasteiger partial charge in [-0.05, 0) is 51.7 Å². The molecule has 14 heavy (non-hydrogen) atoms. The third kappa shape index (κ3) is 4.42. The molecule has 0 spiro atoms. The van der Waals surface area contributed by atoms with Gasteiger partial charge in [-0.25, -0.2) is 4.79 Å². The zero-order chi connectivity index (χ0) is 10.4. The summed E-state index contributed by atoms with van der Waals surface area (Å²) in [6.45, 7) is 2.38. The molecule has 0 aromatic heterocycles. The Hall–Kier alpha value is -0.830. The standard InChI is InChI=1S/C11H19NO2/c1-12-8-6-10(7-9-12)4-2-3-5-11(13)14/h3,5,10H,2,4,6-9H2,1H3,(H,13,14)/b5-3+. The van der Waals surface area contributed by atoms with E-state index in [1.807, 2.05) is 0 Å². The van der Waals surface area contributed by atoms with Crippen LogP contribution in [0.15, 0.2) is 12.2 Å². The van der Waals surface area contributed by atoms with Crippen molar-refractivity contribution in [3.8, 4) is 0 Å². The van der Waals surface area contributed by atoms with Gasteiger partial charge in [0.1, 0.15) is 0 Å². The lowest BCUT2D eigenvalue weighted by molar-refractivity contribution is -0.131. The van der Waals surface area contributed by atoms with Crippen molar-refractivity contribution in [1.82, 2.24) is 4.90 Å². The van der Waals surface area contributed by atoms with Crippen LogP contribution < -0.4 is 0 Å². The van der Waals surface area contributed by atoms with Crippen LogP contribution in [0, 0.1) is 5.92 Å². The van der Waals surface area contributed by atoms with Crippen LogP contribution in [0.5, 0.6) is 0 Å². The number of aliphatic carboxylic acids is 1. The van der Waals surface area contributed by atoms with Crippen LogP contribution in [-0.4, -0.2) is 36.1 Å². The number of hydrogen-bond donors (Lipinski definition) is 1. The van der Waals surface area contributed by atoms with Crippen LogP contribution >= 0.6 is 0 Å². The van der Waals surface area contributed by atoms with E-state index in [0.29, 0.717) is 0 Å². The van der Waals surface area contributed by atoms with Crippen molar-refractivity contribution in [2.75, 3.05) is 20.1 Å². The Morgan fingerprint density at radius 3 is 2.71 bits per heavy atom. The van der Waals surface area contributed by atoms with Crippen molar-refractivity contribution >= 4 is 5.97 Å². The Morgan fingerprint density at radius 2 is 2.14 bits per heavy atom. The molecule has 0 atom stereocenters. The van der Waals surface area contributed by atoms with Gasteiger partial charge in [0.05, 0.1) is 0 Å². The molecule has 1 rings (SSSR count). The summed E-state index contributed by atoms with van der Waals surface area (Å²) in [6.07, 6.45) is 7.57. The molecular weight excluding hydrogens is 178 g/mol. The number of allylic oxidation sites excluding steroid dienone is 1. The lowest BCUT2D eigenvalue weighted by Gasteiger charge is -2.28. The highest BCUT2D eigenvalue weighted by molar-refractivity contribution is 5.79. The predicted molar refractivity (Wildman–Crippen MR) is 56.2 cm³/mol. The topological polar surface area (TPSA) is 40.5 Å². The van der Waals surface area contributed by atoms with Crippen molar-refractivity contribution in [2.45, 2.75) is 25.7 Å². The summed E-state index contributed by atoms with van der Waals surface area (Å²) in [5.74, 6) is -0.0435. The van der Waals surface area contributed by atoms with E-state index in [9.17, 15) is 4.79 Å². The maximum Gasteiger partial charge on any atom is 0.327 e. The average molecular weight is 197 g/mol. The number of likely N-dealkylation sites (tertiary alicyclic amines) is 1. The van der Waals surface area contributed by atoms with Gasteiger partial charge in [-0.2, -0.15) is 0 Å². The predicted octanol–water partition coefficient (Wildman–Crippen LogP) is 1.75. The normalized spacial score (nSPS) is 20.4. The van der Waals surface area contributed by atoms with Crippen LogP contribution in [0.25, 0.3) is 0 Å². The maximum absolute atomic E-state index is 10.2. The van der Waals surface area contributed by atoms with Gasteiger partial charge in [0.15, 0.2) is 0 Å². The fourth-order valence-corrected chi connectivity index (χ4v) is 1.87. The van der Waals surface area contributed by atoms with Gasteiger partial charge in [-0.15, -0.1) is 0 Å². The largest absolute Gasteiger partial charge is 0.478 e. The van der Waals surface area contributed by atoms with Crippen LogP contribution in [-0.2, 0) is 4.79 Å². The average Bonchev–Trinajstić information content (AvgIpc) is 2.15. The van der Waals surface area contributed by atoms with Gasteiger partial charge in [0.25, 0.3) is 0 Å². The Kier molecular flexibility index (Phi) is 4.66. The number of nitrogens with zero attached hydrogens (tertiary/aromatic N) is 1. The molecule has 3 heteroatoms. The summed E-state index contributed by atoms with van der Waals surface area (Å²) >= 11 is 0. The van der Waals surface area contributed by atoms with E-state index in [-0.39, 0.29) is 0 Å². The highest BCUT2D eigenvalue weighted by Gasteiger charge is 2.15. The molecule has 1 saturated heterocycles. The fraction of sp³-hybridized carbons (Fsp3) is 0.727. The van der Waals surface area contributed by atoms with E-state index >= 15 is 0 Å². The van der Waals surface area contributed by atoms with Crippen LogP contribution in [0.1, 0.15) is 25.7 Å². The van der Waals surface area contributed by atoms with E-state index in [0.717, 1.165) is 18.8 Å². The van der Waals surface area contributed by atoms with Gasteiger partial charge < -0.3 is 10.0 Å². The number of piperidine rings is 1. The van der Waals surface area contributed by atoms with Crippen molar-refractivity contribution in [1.29, 1.82) is 0 Å². The molecule has 1 heterocycles. The Bertz CT molecular complexity index is 205. The summed E-state index contributed by atoms with van der Waals surface area (Å²) in [7, 11) is 2.15. The second-order valence-electron chi connectivity index (χ2n) is 4.06. The van der Waals surface area contributed by atoms with Gasteiger partial charge >= 0.3 is 5.97 Å². The second kappa shape index (κ2) is 5.81. The second-order valence-corrected chi connectivity index (χ2v) is 4.06. The highest BCUT2D eigenvalue weighted by Crippen LogP contribution is 2.20. The van der Waals surface area contributed by atoms with Gasteiger partial charge in [-0.1, -0.05) is 6.08 Å². The van der Waals surface area contributed by atoms with Crippen molar-refractivity contribution in [3.63, 3.8) is 0 Å². The molecule has 0 aliphatic carbocycles. The molecule has 1 aliphatic heterocycles. The first kappa shape index (κ1) is 11.2. The Balaban J connectivity index is 2.10. The van der Waals surface area contributed by atoms with E-state index in [4.69, 9.17) is 5.11 Å². The van der Waals surface area contributed by atoms with Gasteiger partial charge in [0.2, 0.25) is 0 Å². The zero-order valence-corrected chi connectivity index (χ0v) is 8.78. The molecule has 80 valence electrons. The number of carboxylic acid groups (broad SMARTS) is 1. The van der Waals surface area contributed by atoms with E-state index in [1.54, 1.807) is 6.08 Å². The van der Waals surface area contributed by atoms with Crippen molar-refractivity contribution in [3.05, 3.63) is 12.2 Å². The van der Waals surface area contributed by atoms with E-state index < -0.39 is 5.97 Å². The number of carboxylic acids is 1. The third-order valence-electron chi connectivity index (χ3n) is 2.84. The smallest absolute Gasteiger partial charge is 0.327 e. The molecule has 0 unspecified atom stereocenters. The minimum Gasteiger partial charge on any atom is -0.478 e. The SMILES string of the molecule is CN1CCC(CC/C=C/C(=O)O)CC1. The van der Waals surface area contributed by atoms with Crippen LogP contribution in [0.3, 0.4) is 0 Å². The Labute approximate surface area is 85.4 Å². The first-order chi connectivity index (χ1) is 6.68. The molecule has 0 amide bonds. The van der Waals surface area contributed by atoms with Gasteiger partial charge in [-0.3, -0.25) is 0 Å². The van der Waals surface area contributed by atoms with Crippen molar-refractivity contribution in [2.24, 2.45) is 5.92 Å². The molecular formula is C11H19NO2. The molecule has 0 saturated carbocycles. The molecule has 3 nitrogen and oxygen atoms in total. The number of hydrogen-bond acceptors (Lipinski definition) is 2. The Morgan fingerprint density at radius 1 is 1.50 bits per heavy atom. The maximum atomic E-state index is 10.2. The molecule has 0 aromatic carbocycles. The minimum absolute atomic E-state index is 0.796. The molecule has 0 bridgehead atoms. The summed E-state index contributed by atoms with van der Waals surface area (Å²) < 4.78 is 0. The summed E-state index contributed by atoms with van der Waals surface area (Å²) in [5, 5.41) is 8.39. The number of rotatable bonds is 4. The third-order valence-corrected chi connectivity index (χ3v) is 2.84. The molecule has 0 aromatic rings. The monoisotopic (exact) mass is 197 g/mol. The molecule has 1 fully saturated rings. The van der Waals surface area contributed by atoms with E-state index in [1.165, 1.54) is 32.0 Å². The first-order valence-corrected chi connectivity index (χ1v) is 5.26. The lowest BCUT2D eigenvalue weighted by Crippen LogP contribution is -2.30. The van der Waals surface area contributed by atoms with Crippen molar-refractivity contribution < 1.29 is 9.90 Å². The molecule has 1 N–H and O–H groups in total. The van der Waals surface area contributed by atoms with Gasteiger partial charge in [0, 0.05) is 6.08 Å². The minimum atomic E-state index is -0.839. The fourth-order valence-electron chi connectivity index (χ4n) is 1.87. The quantitative estimate of drug-likeness (QED) is 0.698. The summed E-state index contributed by atoms with van der Waals surface area (Å²) in [5.41, 5.74) is 0. The van der Waals surface area contributed by atoms with Crippen LogP contribution in [0.2, 0.25) is 0 Å². The highest BCUT2D eigenvalue weighted by atomic mass is 16.4. The lowest BCUT2D eigenvalue weighted by atomic mass is 9.92.